The van der Waals surface area contributed by atoms with Crippen LogP contribution in [0.2, 0.25) is 0 Å². The van der Waals surface area contributed by atoms with Crippen molar-refractivity contribution in [3.63, 3.8) is 0 Å². The average Bonchev–Trinajstić information content (AvgIpc) is 3.27. The Balaban J connectivity index is 1.49. The summed E-state index contributed by atoms with van der Waals surface area (Å²) < 4.78 is 0. The van der Waals surface area contributed by atoms with Gasteiger partial charge >= 0.3 is 0 Å². The van der Waals surface area contributed by atoms with Crippen LogP contribution in [0.3, 0.4) is 0 Å². The molecule has 0 fully saturated rings. The molecule has 29 heavy (non-hydrogen) atoms. The van der Waals surface area contributed by atoms with E-state index in [0.717, 1.165) is 39.4 Å². The molecule has 146 valence electrons. The molecule has 7 heteroatoms. The Bertz CT molecular complexity index is 1140. The third-order valence-corrected chi connectivity index (χ3v) is 6.38. The summed E-state index contributed by atoms with van der Waals surface area (Å²) in [6.45, 7) is 2.03. The highest BCUT2D eigenvalue weighted by Crippen LogP contribution is 2.29. The number of fused-ring (bicyclic) bond motifs is 1. The van der Waals surface area contributed by atoms with Crippen LogP contribution in [0.4, 0.5) is 5.13 Å². The summed E-state index contributed by atoms with van der Waals surface area (Å²) in [7, 11) is 1.77. The second kappa shape index (κ2) is 8.71. The van der Waals surface area contributed by atoms with Crippen LogP contribution in [0.5, 0.6) is 0 Å². The maximum absolute atomic E-state index is 12.8. The number of anilines is 1. The molecule has 0 aliphatic heterocycles. The van der Waals surface area contributed by atoms with Gasteiger partial charge in [-0.3, -0.25) is 9.69 Å². The Hall–Kier alpha value is -2.77. The topological polar surface area (TPSA) is 59.0 Å². The average molecular weight is 421 g/mol. The minimum Gasteiger partial charge on any atom is -0.291 e. The van der Waals surface area contributed by atoms with Gasteiger partial charge in [0.05, 0.1) is 17.0 Å². The fraction of sp³-hybridized carbons (Fsp3) is 0.182. The molecule has 0 spiro atoms. The van der Waals surface area contributed by atoms with Crippen LogP contribution in [0.15, 0.2) is 65.0 Å². The molecule has 0 N–H and O–H groups in total. The molecule has 0 unspecified atom stereocenters. The minimum absolute atomic E-state index is 0.00953. The van der Waals surface area contributed by atoms with Crippen LogP contribution < -0.4 is 4.90 Å². The van der Waals surface area contributed by atoms with Crippen LogP contribution >= 0.6 is 23.1 Å². The normalized spacial score (nSPS) is 11.0. The van der Waals surface area contributed by atoms with Crippen molar-refractivity contribution in [3.05, 3.63) is 65.8 Å². The van der Waals surface area contributed by atoms with Gasteiger partial charge in [0.15, 0.2) is 5.13 Å². The van der Waals surface area contributed by atoms with Gasteiger partial charge < -0.3 is 0 Å². The van der Waals surface area contributed by atoms with E-state index in [0.29, 0.717) is 10.9 Å². The van der Waals surface area contributed by atoms with E-state index < -0.39 is 0 Å². The molecular formula is C22H20N4OS2. The fourth-order valence-electron chi connectivity index (χ4n) is 2.86. The van der Waals surface area contributed by atoms with E-state index in [1.807, 2.05) is 66.9 Å². The largest absolute Gasteiger partial charge is 0.291 e. The molecule has 0 aliphatic carbocycles. The zero-order valence-electron chi connectivity index (χ0n) is 16.2. The summed E-state index contributed by atoms with van der Waals surface area (Å²) in [5.74, 6) is 1.07. The second-order valence-electron chi connectivity index (χ2n) is 6.44. The Morgan fingerprint density at radius 3 is 2.59 bits per heavy atom. The van der Waals surface area contributed by atoms with Crippen LogP contribution in [0, 0.1) is 0 Å². The van der Waals surface area contributed by atoms with Crippen molar-refractivity contribution in [2.45, 2.75) is 18.4 Å². The molecular weight excluding hydrogens is 400 g/mol. The monoisotopic (exact) mass is 420 g/mol. The third kappa shape index (κ3) is 4.31. The minimum atomic E-state index is -0.00953. The lowest BCUT2D eigenvalue weighted by Crippen LogP contribution is -2.27. The first-order valence-corrected chi connectivity index (χ1v) is 11.2. The van der Waals surface area contributed by atoms with Crippen molar-refractivity contribution in [1.82, 2.24) is 15.0 Å². The number of amides is 1. The van der Waals surface area contributed by atoms with Gasteiger partial charge in [0.25, 0.3) is 0 Å². The Labute approximate surface area is 177 Å². The van der Waals surface area contributed by atoms with Gasteiger partial charge in [-0.1, -0.05) is 67.2 Å². The van der Waals surface area contributed by atoms with Gasteiger partial charge in [0.1, 0.15) is 10.9 Å². The van der Waals surface area contributed by atoms with Gasteiger partial charge in [-0.15, -0.1) is 11.3 Å². The van der Waals surface area contributed by atoms with E-state index in [-0.39, 0.29) is 5.91 Å². The maximum Gasteiger partial charge on any atom is 0.238 e. The molecule has 2 aromatic heterocycles. The van der Waals surface area contributed by atoms with E-state index in [2.05, 4.69) is 15.0 Å². The molecule has 0 saturated carbocycles. The number of hydrogen-bond donors (Lipinski definition) is 0. The van der Waals surface area contributed by atoms with Gasteiger partial charge in [0, 0.05) is 29.8 Å². The number of benzene rings is 2. The summed E-state index contributed by atoms with van der Waals surface area (Å²) in [5, 5.41) is 4.49. The highest BCUT2D eigenvalue weighted by atomic mass is 32.2. The first kappa shape index (κ1) is 19.5. The number of thiazole rings is 1. The first-order valence-electron chi connectivity index (χ1n) is 9.31. The van der Waals surface area contributed by atoms with Gasteiger partial charge in [0.2, 0.25) is 5.91 Å². The van der Waals surface area contributed by atoms with Crippen LogP contribution in [0.1, 0.15) is 12.7 Å². The summed E-state index contributed by atoms with van der Waals surface area (Å²) in [5.41, 5.74) is 2.84. The third-order valence-electron chi connectivity index (χ3n) is 4.49. The number of aryl methyl sites for hydroxylation is 1. The Morgan fingerprint density at radius 2 is 1.79 bits per heavy atom. The van der Waals surface area contributed by atoms with Crippen molar-refractivity contribution in [2.24, 2.45) is 0 Å². The molecule has 1 amide bonds. The van der Waals surface area contributed by atoms with Crippen LogP contribution in [-0.2, 0) is 11.2 Å². The van der Waals surface area contributed by atoms with Crippen molar-refractivity contribution in [2.75, 3.05) is 17.7 Å². The van der Waals surface area contributed by atoms with E-state index >= 15 is 0 Å². The predicted molar refractivity (Wildman–Crippen MR) is 121 cm³/mol. The smallest absolute Gasteiger partial charge is 0.238 e. The molecule has 2 heterocycles. The van der Waals surface area contributed by atoms with Crippen molar-refractivity contribution in [1.29, 1.82) is 0 Å². The quantitative estimate of drug-likeness (QED) is 0.322. The van der Waals surface area contributed by atoms with E-state index in [4.69, 9.17) is 0 Å². The number of hydrogen-bond acceptors (Lipinski definition) is 6. The summed E-state index contributed by atoms with van der Waals surface area (Å²) in [6.07, 6.45) is 0.758. The van der Waals surface area contributed by atoms with Gasteiger partial charge in [-0.2, -0.15) is 0 Å². The molecule has 0 radical (unpaired) electrons. The van der Waals surface area contributed by atoms with Gasteiger partial charge in [-0.05, 0) is 6.07 Å². The predicted octanol–water partition coefficient (Wildman–Crippen LogP) is 5.07. The zero-order chi connectivity index (χ0) is 20.2. The molecule has 0 saturated heterocycles. The second-order valence-corrected chi connectivity index (χ2v) is 8.24. The number of para-hydroxylation sites is 1. The first-order chi connectivity index (χ1) is 14.2. The molecule has 2 aromatic carbocycles. The van der Waals surface area contributed by atoms with E-state index in [1.165, 1.54) is 23.1 Å². The molecule has 0 bridgehead atoms. The lowest BCUT2D eigenvalue weighted by atomic mass is 10.2. The highest BCUT2D eigenvalue weighted by molar-refractivity contribution is 8.00. The summed E-state index contributed by atoms with van der Waals surface area (Å²) in [4.78, 5) is 28.2. The number of carbonyl (C=O) groups is 1. The van der Waals surface area contributed by atoms with Crippen molar-refractivity contribution >= 4 is 45.0 Å². The van der Waals surface area contributed by atoms with Crippen molar-refractivity contribution in [3.8, 4) is 11.3 Å². The van der Waals surface area contributed by atoms with Crippen LogP contribution in [-0.4, -0.2) is 33.7 Å². The SMILES string of the molecule is CCc1nc(SCC(=O)N(C)c2nc(-c3ccccc3)cs2)c2ccccc2n1. The Morgan fingerprint density at radius 1 is 1.03 bits per heavy atom. The summed E-state index contributed by atoms with van der Waals surface area (Å²) in [6, 6.07) is 17.9. The van der Waals surface area contributed by atoms with Crippen molar-refractivity contribution < 1.29 is 4.79 Å². The number of carbonyl (C=O) groups excluding carboxylic acids is 1. The summed E-state index contributed by atoms with van der Waals surface area (Å²) >= 11 is 2.92. The molecule has 0 aliphatic rings. The van der Waals surface area contributed by atoms with Gasteiger partial charge in [-0.25, -0.2) is 15.0 Å². The fourth-order valence-corrected chi connectivity index (χ4v) is 4.62. The number of rotatable bonds is 6. The number of thioether (sulfide) groups is 1. The number of aromatic nitrogens is 3. The molecule has 4 aromatic rings. The lowest BCUT2D eigenvalue weighted by molar-refractivity contribution is -0.115. The lowest BCUT2D eigenvalue weighted by Gasteiger charge is -2.14. The van der Waals surface area contributed by atoms with E-state index in [9.17, 15) is 4.79 Å². The van der Waals surface area contributed by atoms with Crippen LogP contribution in [0.25, 0.3) is 22.2 Å². The zero-order valence-corrected chi connectivity index (χ0v) is 17.8. The standard InChI is InChI=1S/C22H20N4OS2/c1-3-19-23-17-12-8-7-11-16(17)21(25-19)28-14-20(27)26(2)22-24-18(13-29-22)15-9-5-4-6-10-15/h4-13H,3,14H2,1-2H3. The maximum atomic E-state index is 12.8. The molecule has 4 rings (SSSR count). The number of nitrogens with zero attached hydrogens (tertiary/aromatic N) is 4. The molecule has 5 nitrogen and oxygen atoms in total. The molecule has 0 atom stereocenters. The van der Waals surface area contributed by atoms with E-state index in [1.54, 1.807) is 11.9 Å². The highest BCUT2D eigenvalue weighted by Gasteiger charge is 2.17. The Kier molecular flexibility index (Phi) is 5.87.